The summed E-state index contributed by atoms with van der Waals surface area (Å²) >= 11 is 4.63. The molecule has 1 aromatic carbocycles. The van der Waals surface area contributed by atoms with Crippen molar-refractivity contribution >= 4 is 39.3 Å². The molecule has 0 aliphatic rings. The molecule has 0 spiro atoms. The molecule has 0 fully saturated rings. The summed E-state index contributed by atoms with van der Waals surface area (Å²) in [5.41, 5.74) is 1.79. The zero-order valence-corrected chi connectivity index (χ0v) is 13.5. The van der Waals surface area contributed by atoms with Gasteiger partial charge in [0.1, 0.15) is 5.82 Å². The second kappa shape index (κ2) is 6.27. The van der Waals surface area contributed by atoms with Gasteiger partial charge in [-0.15, -0.1) is 10.2 Å². The number of nitrogen functional groups attached to an aromatic ring is 1. The third-order valence-corrected chi connectivity index (χ3v) is 4.07. The van der Waals surface area contributed by atoms with Crippen LogP contribution in [0.3, 0.4) is 0 Å². The van der Waals surface area contributed by atoms with Gasteiger partial charge in [0, 0.05) is 10.2 Å². The van der Waals surface area contributed by atoms with Gasteiger partial charge in [-0.1, -0.05) is 27.7 Å². The molecule has 0 aliphatic heterocycles. The Morgan fingerprint density at radius 2 is 2.20 bits per heavy atom. The lowest BCUT2D eigenvalue weighted by Gasteiger charge is -2.08. The molecule has 0 unspecified atom stereocenters. The summed E-state index contributed by atoms with van der Waals surface area (Å²) in [5.74, 6) is 6.44. The number of hydrogen-bond donors (Lipinski definition) is 2. The Morgan fingerprint density at radius 1 is 1.45 bits per heavy atom. The van der Waals surface area contributed by atoms with E-state index >= 15 is 0 Å². The van der Waals surface area contributed by atoms with Crippen LogP contribution in [-0.2, 0) is 4.79 Å². The Bertz CT molecular complexity index is 643. The SMILES string of the molecule is Cc1cc(Br)ccc1NC(=O)CSc1nnc(C)n1N. The third kappa shape index (κ3) is 3.51. The Morgan fingerprint density at radius 3 is 2.80 bits per heavy atom. The van der Waals surface area contributed by atoms with Gasteiger partial charge in [0.05, 0.1) is 5.75 Å². The van der Waals surface area contributed by atoms with Crippen LogP contribution in [0.5, 0.6) is 0 Å². The predicted molar refractivity (Wildman–Crippen MR) is 83.1 cm³/mol. The monoisotopic (exact) mass is 355 g/mol. The average Bonchev–Trinajstić information content (AvgIpc) is 2.71. The van der Waals surface area contributed by atoms with Crippen molar-refractivity contribution in [2.45, 2.75) is 19.0 Å². The summed E-state index contributed by atoms with van der Waals surface area (Å²) in [7, 11) is 0. The van der Waals surface area contributed by atoms with Crippen molar-refractivity contribution < 1.29 is 4.79 Å². The molecule has 0 radical (unpaired) electrons. The van der Waals surface area contributed by atoms with Crippen molar-refractivity contribution in [1.82, 2.24) is 14.9 Å². The van der Waals surface area contributed by atoms with Gasteiger partial charge in [0.15, 0.2) is 0 Å². The number of benzene rings is 1. The molecule has 8 heteroatoms. The topological polar surface area (TPSA) is 85.8 Å². The first kappa shape index (κ1) is 14.9. The second-order valence-electron chi connectivity index (χ2n) is 4.20. The van der Waals surface area contributed by atoms with Crippen molar-refractivity contribution in [2.75, 3.05) is 16.9 Å². The highest BCUT2D eigenvalue weighted by Crippen LogP contribution is 2.21. The molecular formula is C12H14BrN5OS. The smallest absolute Gasteiger partial charge is 0.234 e. The standard InChI is InChI=1S/C12H14BrN5OS/c1-7-5-9(13)3-4-10(7)15-11(19)6-20-12-17-16-8(2)18(12)14/h3-5H,6,14H2,1-2H3,(H,15,19). The number of rotatable bonds is 4. The summed E-state index contributed by atoms with van der Waals surface area (Å²) in [6.45, 7) is 3.69. The fourth-order valence-electron chi connectivity index (χ4n) is 1.53. The number of carbonyl (C=O) groups is 1. The van der Waals surface area contributed by atoms with Crippen LogP contribution in [0.15, 0.2) is 27.8 Å². The molecule has 1 amide bonds. The number of aromatic nitrogens is 3. The van der Waals surface area contributed by atoms with Gasteiger partial charge >= 0.3 is 0 Å². The molecule has 0 atom stereocenters. The van der Waals surface area contributed by atoms with Crippen LogP contribution in [0.4, 0.5) is 5.69 Å². The summed E-state index contributed by atoms with van der Waals surface area (Å²) in [6.07, 6.45) is 0. The van der Waals surface area contributed by atoms with Crippen molar-refractivity contribution in [3.8, 4) is 0 Å². The number of aryl methyl sites for hydroxylation is 2. The largest absolute Gasteiger partial charge is 0.336 e. The zero-order chi connectivity index (χ0) is 14.7. The van der Waals surface area contributed by atoms with Gasteiger partial charge in [0.2, 0.25) is 11.1 Å². The molecule has 106 valence electrons. The lowest BCUT2D eigenvalue weighted by Crippen LogP contribution is -2.17. The molecule has 2 rings (SSSR count). The molecule has 3 N–H and O–H groups in total. The number of carbonyl (C=O) groups excluding carboxylic acids is 1. The van der Waals surface area contributed by atoms with E-state index in [9.17, 15) is 4.79 Å². The number of hydrogen-bond acceptors (Lipinski definition) is 5. The van der Waals surface area contributed by atoms with Crippen LogP contribution in [0.1, 0.15) is 11.4 Å². The predicted octanol–water partition coefficient (Wildman–Crippen LogP) is 2.10. The zero-order valence-electron chi connectivity index (χ0n) is 11.1. The third-order valence-electron chi connectivity index (χ3n) is 2.63. The minimum Gasteiger partial charge on any atom is -0.336 e. The fraction of sp³-hybridized carbons (Fsp3) is 0.250. The highest BCUT2D eigenvalue weighted by molar-refractivity contribution is 9.10. The maximum absolute atomic E-state index is 11.9. The molecule has 6 nitrogen and oxygen atoms in total. The quantitative estimate of drug-likeness (QED) is 0.647. The maximum Gasteiger partial charge on any atom is 0.234 e. The lowest BCUT2D eigenvalue weighted by atomic mass is 10.2. The number of nitrogens with zero attached hydrogens (tertiary/aromatic N) is 3. The molecule has 0 saturated heterocycles. The molecule has 1 heterocycles. The summed E-state index contributed by atoms with van der Waals surface area (Å²) in [5, 5.41) is 11.1. The fourth-order valence-corrected chi connectivity index (χ4v) is 2.71. The van der Waals surface area contributed by atoms with Gasteiger partial charge in [-0.3, -0.25) is 4.79 Å². The van der Waals surface area contributed by atoms with Crippen LogP contribution in [0.2, 0.25) is 0 Å². The first-order valence-corrected chi connectivity index (χ1v) is 7.61. The normalized spacial score (nSPS) is 10.6. The van der Waals surface area contributed by atoms with E-state index in [0.717, 1.165) is 15.7 Å². The molecule has 0 aliphatic carbocycles. The van der Waals surface area contributed by atoms with E-state index in [4.69, 9.17) is 5.84 Å². The maximum atomic E-state index is 11.9. The number of anilines is 1. The van der Waals surface area contributed by atoms with Crippen molar-refractivity contribution in [1.29, 1.82) is 0 Å². The van der Waals surface area contributed by atoms with E-state index in [2.05, 4.69) is 31.4 Å². The van der Waals surface area contributed by atoms with E-state index in [1.54, 1.807) is 6.92 Å². The van der Waals surface area contributed by atoms with Gasteiger partial charge in [-0.05, 0) is 37.6 Å². The van der Waals surface area contributed by atoms with Crippen LogP contribution in [-0.4, -0.2) is 26.5 Å². The van der Waals surface area contributed by atoms with E-state index in [1.807, 2.05) is 25.1 Å². The number of amides is 1. The highest BCUT2D eigenvalue weighted by Gasteiger charge is 2.10. The number of halogens is 1. The Labute approximate surface area is 129 Å². The van der Waals surface area contributed by atoms with Crippen LogP contribution in [0, 0.1) is 13.8 Å². The molecule has 20 heavy (non-hydrogen) atoms. The van der Waals surface area contributed by atoms with Crippen molar-refractivity contribution in [3.05, 3.63) is 34.1 Å². The molecule has 0 bridgehead atoms. The molecule has 1 aromatic heterocycles. The minimum atomic E-state index is -0.110. The Balaban J connectivity index is 1.94. The molecule has 2 aromatic rings. The van der Waals surface area contributed by atoms with Gasteiger partial charge in [0.25, 0.3) is 0 Å². The van der Waals surface area contributed by atoms with Gasteiger partial charge in [-0.2, -0.15) is 0 Å². The summed E-state index contributed by atoms with van der Waals surface area (Å²) in [4.78, 5) is 11.9. The number of nitrogens with one attached hydrogen (secondary N) is 1. The van der Waals surface area contributed by atoms with Gasteiger partial charge < -0.3 is 11.2 Å². The molecular weight excluding hydrogens is 342 g/mol. The number of thioether (sulfide) groups is 1. The minimum absolute atomic E-state index is 0.110. The Hall–Kier alpha value is -1.54. The van der Waals surface area contributed by atoms with Crippen molar-refractivity contribution in [3.63, 3.8) is 0 Å². The Kier molecular flexibility index (Phi) is 4.66. The van der Waals surface area contributed by atoms with E-state index in [-0.39, 0.29) is 11.7 Å². The van der Waals surface area contributed by atoms with E-state index < -0.39 is 0 Å². The second-order valence-corrected chi connectivity index (χ2v) is 6.05. The van der Waals surface area contributed by atoms with E-state index in [1.165, 1.54) is 16.4 Å². The van der Waals surface area contributed by atoms with Crippen molar-refractivity contribution in [2.24, 2.45) is 0 Å². The number of nitrogens with two attached hydrogens (primary N) is 1. The highest BCUT2D eigenvalue weighted by atomic mass is 79.9. The van der Waals surface area contributed by atoms with Gasteiger partial charge in [-0.25, -0.2) is 4.68 Å². The van der Waals surface area contributed by atoms with Crippen LogP contribution >= 0.6 is 27.7 Å². The first-order valence-electron chi connectivity index (χ1n) is 5.83. The summed E-state index contributed by atoms with van der Waals surface area (Å²) < 4.78 is 2.34. The summed E-state index contributed by atoms with van der Waals surface area (Å²) in [6, 6.07) is 5.69. The van der Waals surface area contributed by atoms with Crippen LogP contribution in [0.25, 0.3) is 0 Å². The lowest BCUT2D eigenvalue weighted by molar-refractivity contribution is -0.113. The van der Waals surface area contributed by atoms with E-state index in [0.29, 0.717) is 11.0 Å². The molecule has 0 saturated carbocycles. The average molecular weight is 356 g/mol. The first-order chi connectivity index (χ1) is 9.47. The van der Waals surface area contributed by atoms with Crippen LogP contribution < -0.4 is 11.2 Å².